The van der Waals surface area contributed by atoms with E-state index < -0.39 is 0 Å². The van der Waals surface area contributed by atoms with Crippen LogP contribution in [0.25, 0.3) is 0 Å². The standard InChI is InChI=1S/C21H28FN5OS/c1-23-21(25-13-16-7-8-18(22)12-17(16)15-29-3)26-14-20(28)27(2)11-9-19-6-4-5-10-24-19/h4-8,10,12H,9,11,13-15H2,1-3H3,(H2,23,25,26). The number of aliphatic imine (C=N–C) groups is 1. The third-order valence-electron chi connectivity index (χ3n) is 4.40. The van der Waals surface area contributed by atoms with Gasteiger partial charge >= 0.3 is 0 Å². The van der Waals surface area contributed by atoms with Crippen LogP contribution in [0.5, 0.6) is 0 Å². The quantitative estimate of drug-likeness (QED) is 0.485. The number of carbonyl (C=O) groups excluding carboxylic acids is 1. The van der Waals surface area contributed by atoms with Crippen LogP contribution in [0.3, 0.4) is 0 Å². The first-order valence-corrected chi connectivity index (χ1v) is 10.8. The molecule has 156 valence electrons. The molecule has 1 heterocycles. The van der Waals surface area contributed by atoms with Crippen molar-refractivity contribution in [1.82, 2.24) is 20.5 Å². The molecule has 0 aliphatic rings. The summed E-state index contributed by atoms with van der Waals surface area (Å²) in [5, 5.41) is 6.22. The molecule has 29 heavy (non-hydrogen) atoms. The highest BCUT2D eigenvalue weighted by Crippen LogP contribution is 2.16. The van der Waals surface area contributed by atoms with E-state index in [2.05, 4.69) is 20.6 Å². The van der Waals surface area contributed by atoms with Crippen molar-refractivity contribution in [3.8, 4) is 0 Å². The summed E-state index contributed by atoms with van der Waals surface area (Å²) in [5.74, 6) is 0.990. The van der Waals surface area contributed by atoms with Crippen LogP contribution in [-0.4, -0.2) is 55.2 Å². The summed E-state index contributed by atoms with van der Waals surface area (Å²) in [4.78, 5) is 22.4. The van der Waals surface area contributed by atoms with Crippen LogP contribution in [0.4, 0.5) is 4.39 Å². The maximum absolute atomic E-state index is 13.5. The minimum absolute atomic E-state index is 0.0336. The number of likely N-dealkylation sites (N-methyl/N-ethyl adjacent to an activating group) is 1. The summed E-state index contributed by atoms with van der Waals surface area (Å²) < 4.78 is 13.5. The van der Waals surface area contributed by atoms with Crippen molar-refractivity contribution in [2.24, 2.45) is 4.99 Å². The number of amides is 1. The van der Waals surface area contributed by atoms with Gasteiger partial charge in [0.25, 0.3) is 0 Å². The number of aromatic nitrogens is 1. The molecular weight excluding hydrogens is 389 g/mol. The van der Waals surface area contributed by atoms with Gasteiger partial charge in [0.1, 0.15) is 5.82 Å². The Morgan fingerprint density at radius 2 is 2.07 bits per heavy atom. The topological polar surface area (TPSA) is 69.6 Å². The van der Waals surface area contributed by atoms with Gasteiger partial charge in [-0.15, -0.1) is 0 Å². The van der Waals surface area contributed by atoms with Gasteiger partial charge in [-0.2, -0.15) is 11.8 Å². The van der Waals surface area contributed by atoms with Gasteiger partial charge in [0, 0.05) is 51.2 Å². The number of rotatable bonds is 9. The van der Waals surface area contributed by atoms with Crippen molar-refractivity contribution < 1.29 is 9.18 Å². The van der Waals surface area contributed by atoms with Crippen molar-refractivity contribution in [3.63, 3.8) is 0 Å². The van der Waals surface area contributed by atoms with E-state index >= 15 is 0 Å². The lowest BCUT2D eigenvalue weighted by Crippen LogP contribution is -2.43. The molecule has 0 aliphatic heterocycles. The van der Waals surface area contributed by atoms with Crippen LogP contribution in [0.1, 0.15) is 16.8 Å². The molecule has 0 unspecified atom stereocenters. The molecule has 2 aromatic rings. The zero-order valence-corrected chi connectivity index (χ0v) is 17.9. The number of carbonyl (C=O) groups is 1. The van der Waals surface area contributed by atoms with Crippen molar-refractivity contribution in [2.75, 3.05) is 33.4 Å². The number of guanidine groups is 1. The van der Waals surface area contributed by atoms with Crippen molar-refractivity contribution in [3.05, 3.63) is 65.2 Å². The summed E-state index contributed by atoms with van der Waals surface area (Å²) in [6.07, 6.45) is 4.44. The zero-order valence-electron chi connectivity index (χ0n) is 17.1. The number of halogens is 1. The first kappa shape index (κ1) is 22.7. The number of hydrogen-bond donors (Lipinski definition) is 2. The molecule has 0 fully saturated rings. The van der Waals surface area contributed by atoms with Crippen molar-refractivity contribution >= 4 is 23.6 Å². The Labute approximate surface area is 176 Å². The van der Waals surface area contributed by atoms with Gasteiger partial charge in [-0.3, -0.25) is 14.8 Å². The number of nitrogens with zero attached hydrogens (tertiary/aromatic N) is 3. The monoisotopic (exact) mass is 417 g/mol. The third kappa shape index (κ3) is 7.73. The Bertz CT molecular complexity index is 816. The second-order valence-electron chi connectivity index (χ2n) is 6.51. The lowest BCUT2D eigenvalue weighted by Gasteiger charge is -2.19. The Morgan fingerprint density at radius 1 is 1.24 bits per heavy atom. The van der Waals surface area contributed by atoms with E-state index in [1.54, 1.807) is 49.1 Å². The SMILES string of the molecule is CN=C(NCC(=O)N(C)CCc1ccccn1)NCc1ccc(F)cc1CSC. The van der Waals surface area contributed by atoms with E-state index in [1.807, 2.05) is 24.5 Å². The molecule has 0 aliphatic carbocycles. The fourth-order valence-electron chi connectivity index (χ4n) is 2.70. The number of pyridine rings is 1. The number of nitrogens with one attached hydrogen (secondary N) is 2. The van der Waals surface area contributed by atoms with Crippen LogP contribution in [0.15, 0.2) is 47.6 Å². The average molecular weight is 418 g/mol. The average Bonchev–Trinajstić information content (AvgIpc) is 2.74. The Kier molecular flexibility index (Phi) is 9.43. The molecule has 8 heteroatoms. The van der Waals surface area contributed by atoms with E-state index in [-0.39, 0.29) is 18.3 Å². The first-order chi connectivity index (χ1) is 14.0. The molecule has 1 aromatic heterocycles. The van der Waals surface area contributed by atoms with Gasteiger partial charge in [0.2, 0.25) is 5.91 Å². The molecule has 1 aromatic carbocycles. The lowest BCUT2D eigenvalue weighted by atomic mass is 10.1. The van der Waals surface area contributed by atoms with Crippen molar-refractivity contribution in [2.45, 2.75) is 18.7 Å². The van der Waals surface area contributed by atoms with Gasteiger partial charge in [-0.05, 0) is 41.6 Å². The highest BCUT2D eigenvalue weighted by atomic mass is 32.2. The largest absolute Gasteiger partial charge is 0.352 e. The van der Waals surface area contributed by atoms with E-state index in [9.17, 15) is 9.18 Å². The number of hydrogen-bond acceptors (Lipinski definition) is 4. The van der Waals surface area contributed by atoms with Crippen LogP contribution < -0.4 is 10.6 Å². The van der Waals surface area contributed by atoms with Crippen molar-refractivity contribution in [1.29, 1.82) is 0 Å². The van der Waals surface area contributed by atoms with Gasteiger partial charge in [0.05, 0.1) is 6.54 Å². The van der Waals surface area contributed by atoms with Gasteiger partial charge in [0.15, 0.2) is 5.96 Å². The molecular formula is C21H28FN5OS. The predicted molar refractivity (Wildman–Crippen MR) is 117 cm³/mol. The van der Waals surface area contributed by atoms with Gasteiger partial charge < -0.3 is 15.5 Å². The molecule has 0 radical (unpaired) electrons. The number of benzene rings is 1. The van der Waals surface area contributed by atoms with Gasteiger partial charge in [-0.1, -0.05) is 12.1 Å². The summed E-state index contributed by atoms with van der Waals surface area (Å²) in [6, 6.07) is 10.5. The first-order valence-electron chi connectivity index (χ1n) is 9.38. The molecule has 2 N–H and O–H groups in total. The van der Waals surface area contributed by atoms with E-state index in [0.29, 0.717) is 25.5 Å². The van der Waals surface area contributed by atoms with Crippen LogP contribution in [0, 0.1) is 5.82 Å². The molecule has 6 nitrogen and oxygen atoms in total. The summed E-state index contributed by atoms with van der Waals surface area (Å²) in [5.41, 5.74) is 2.91. The Hall–Kier alpha value is -2.61. The second kappa shape index (κ2) is 12.1. The normalized spacial score (nSPS) is 11.2. The molecule has 0 saturated carbocycles. The second-order valence-corrected chi connectivity index (χ2v) is 7.38. The third-order valence-corrected chi connectivity index (χ3v) is 5.00. The summed E-state index contributed by atoms with van der Waals surface area (Å²) in [7, 11) is 3.43. The summed E-state index contributed by atoms with van der Waals surface area (Å²) >= 11 is 1.64. The fraction of sp³-hybridized carbons (Fsp3) is 0.381. The molecule has 0 spiro atoms. The Morgan fingerprint density at radius 3 is 2.76 bits per heavy atom. The minimum Gasteiger partial charge on any atom is -0.352 e. The number of thioether (sulfide) groups is 1. The van der Waals surface area contributed by atoms with Crippen LogP contribution in [0.2, 0.25) is 0 Å². The molecule has 2 rings (SSSR count). The Balaban J connectivity index is 1.80. The highest BCUT2D eigenvalue weighted by molar-refractivity contribution is 7.97. The molecule has 1 amide bonds. The molecule has 0 bridgehead atoms. The van der Waals surface area contributed by atoms with Crippen LogP contribution in [-0.2, 0) is 23.5 Å². The molecule has 0 saturated heterocycles. The highest BCUT2D eigenvalue weighted by Gasteiger charge is 2.11. The smallest absolute Gasteiger partial charge is 0.241 e. The zero-order chi connectivity index (χ0) is 21.1. The summed E-state index contributed by atoms with van der Waals surface area (Å²) in [6.45, 7) is 1.23. The van der Waals surface area contributed by atoms with E-state index in [4.69, 9.17) is 0 Å². The van der Waals surface area contributed by atoms with Gasteiger partial charge in [-0.25, -0.2) is 4.39 Å². The van der Waals surface area contributed by atoms with Crippen LogP contribution >= 0.6 is 11.8 Å². The maximum Gasteiger partial charge on any atom is 0.241 e. The van der Waals surface area contributed by atoms with E-state index in [0.717, 1.165) is 22.6 Å². The fourth-order valence-corrected chi connectivity index (χ4v) is 3.28. The van der Waals surface area contributed by atoms with E-state index in [1.165, 1.54) is 6.07 Å². The lowest BCUT2D eigenvalue weighted by molar-refractivity contribution is -0.128. The molecule has 0 atom stereocenters. The maximum atomic E-state index is 13.5. The minimum atomic E-state index is -0.236. The predicted octanol–water partition coefficient (Wildman–Crippen LogP) is 2.45.